The number of halogens is 1. The molecule has 0 saturated carbocycles. The minimum absolute atomic E-state index is 0.0383. The van der Waals surface area contributed by atoms with Crippen molar-refractivity contribution in [3.63, 3.8) is 0 Å². The molecule has 5 heteroatoms. The van der Waals surface area contributed by atoms with Gasteiger partial charge in [-0.15, -0.1) is 0 Å². The number of aryl methyl sites for hydroxylation is 1. The highest BCUT2D eigenvalue weighted by Crippen LogP contribution is 2.34. The molecule has 3 aromatic carbocycles. The average Bonchev–Trinajstić information content (AvgIpc) is 2.66. The first-order valence-corrected chi connectivity index (χ1v) is 9.95. The topological polar surface area (TPSA) is 52.5 Å². The predicted octanol–water partition coefficient (Wildman–Crippen LogP) is 5.65. The summed E-state index contributed by atoms with van der Waals surface area (Å²) < 4.78 is 0. The van der Waals surface area contributed by atoms with Crippen LogP contribution in [0.2, 0.25) is 5.02 Å². The number of aliphatic hydroxyl groups excluding tert-OH is 1. The Morgan fingerprint density at radius 2 is 1.74 bits per heavy atom. The Morgan fingerprint density at radius 1 is 1.00 bits per heavy atom. The van der Waals surface area contributed by atoms with Crippen molar-refractivity contribution in [3.05, 3.63) is 82.4 Å². The summed E-state index contributed by atoms with van der Waals surface area (Å²) in [6.07, 6.45) is 0.362. The maximum Gasteiger partial charge on any atom is 0.142 e. The number of aromatic hydroxyl groups is 1. The summed E-state index contributed by atoms with van der Waals surface area (Å²) in [4.78, 5) is 2.34. The molecule has 3 aromatic rings. The Hall–Kier alpha value is -2.14. The predicted molar refractivity (Wildman–Crippen MR) is 113 cm³/mol. The first-order chi connectivity index (χ1) is 13.1. The molecular formula is C22H22ClNO2S. The van der Waals surface area contributed by atoms with Crippen molar-refractivity contribution in [2.45, 2.75) is 29.7 Å². The normalized spacial score (nSPS) is 10.8. The van der Waals surface area contributed by atoms with Gasteiger partial charge in [-0.05, 0) is 54.8 Å². The molecule has 0 bridgehead atoms. The van der Waals surface area contributed by atoms with Gasteiger partial charge in [0, 0.05) is 28.0 Å². The van der Waals surface area contributed by atoms with Gasteiger partial charge in [-0.25, -0.2) is 0 Å². The van der Waals surface area contributed by atoms with E-state index < -0.39 is 0 Å². The molecule has 0 aliphatic heterocycles. The van der Waals surface area contributed by atoms with Crippen LogP contribution in [-0.4, -0.2) is 16.8 Å². The van der Waals surface area contributed by atoms with Crippen molar-refractivity contribution >= 4 is 29.1 Å². The summed E-state index contributed by atoms with van der Waals surface area (Å²) >= 11 is 7.87. The van der Waals surface area contributed by atoms with Crippen molar-refractivity contribution in [1.82, 2.24) is 0 Å². The molecule has 0 aliphatic carbocycles. The van der Waals surface area contributed by atoms with Crippen LogP contribution in [0.4, 0.5) is 5.69 Å². The van der Waals surface area contributed by atoms with Gasteiger partial charge in [0.2, 0.25) is 0 Å². The highest BCUT2D eigenvalue weighted by Gasteiger charge is 2.10. The van der Waals surface area contributed by atoms with E-state index in [1.54, 1.807) is 23.9 Å². The fraction of sp³-hybridized carbons (Fsp3) is 0.182. The number of nitrogens with one attached hydrogen (secondary N) is 1. The van der Waals surface area contributed by atoms with Gasteiger partial charge in [-0.2, -0.15) is 0 Å². The first-order valence-electron chi connectivity index (χ1n) is 8.75. The molecule has 140 valence electrons. The lowest BCUT2D eigenvalue weighted by Gasteiger charge is -2.14. The third kappa shape index (κ3) is 5.19. The molecule has 0 fully saturated rings. The van der Waals surface area contributed by atoms with Crippen LogP contribution < -0.4 is 5.32 Å². The summed E-state index contributed by atoms with van der Waals surface area (Å²) in [5.41, 5.74) is 3.58. The number of anilines is 1. The first kappa shape index (κ1) is 19.6. The minimum Gasteiger partial charge on any atom is -0.505 e. The SMILES string of the molecule is Cc1ccc(Sc2ccccc2CNc2cc(Cl)cc(CCO)c2O)cc1. The van der Waals surface area contributed by atoms with E-state index in [1.807, 2.05) is 12.1 Å². The van der Waals surface area contributed by atoms with E-state index in [9.17, 15) is 5.11 Å². The van der Waals surface area contributed by atoms with Crippen molar-refractivity contribution in [1.29, 1.82) is 0 Å². The van der Waals surface area contributed by atoms with E-state index >= 15 is 0 Å². The van der Waals surface area contributed by atoms with Crippen molar-refractivity contribution < 1.29 is 10.2 Å². The van der Waals surface area contributed by atoms with Crippen LogP contribution in [-0.2, 0) is 13.0 Å². The molecule has 3 N–H and O–H groups in total. The van der Waals surface area contributed by atoms with Gasteiger partial charge in [0.1, 0.15) is 5.75 Å². The van der Waals surface area contributed by atoms with Gasteiger partial charge in [-0.3, -0.25) is 0 Å². The highest BCUT2D eigenvalue weighted by molar-refractivity contribution is 7.99. The fourth-order valence-electron chi connectivity index (χ4n) is 2.77. The van der Waals surface area contributed by atoms with Crippen LogP contribution in [0.25, 0.3) is 0 Å². The van der Waals surface area contributed by atoms with E-state index in [2.05, 4.69) is 48.6 Å². The molecule has 0 heterocycles. The molecule has 27 heavy (non-hydrogen) atoms. The lowest BCUT2D eigenvalue weighted by Crippen LogP contribution is -2.03. The quantitative estimate of drug-likeness (QED) is 0.449. The molecule has 0 unspecified atom stereocenters. The third-order valence-corrected chi connectivity index (χ3v) is 5.57. The van der Waals surface area contributed by atoms with E-state index in [-0.39, 0.29) is 12.4 Å². The molecule has 0 amide bonds. The van der Waals surface area contributed by atoms with Crippen LogP contribution in [0.15, 0.2) is 70.5 Å². The largest absolute Gasteiger partial charge is 0.505 e. The second kappa shape index (κ2) is 9.18. The van der Waals surface area contributed by atoms with Gasteiger partial charge in [-0.1, -0.05) is 59.3 Å². The van der Waals surface area contributed by atoms with Gasteiger partial charge in [0.25, 0.3) is 0 Å². The second-order valence-corrected chi connectivity index (χ2v) is 7.86. The number of hydrogen-bond acceptors (Lipinski definition) is 4. The van der Waals surface area contributed by atoms with E-state index in [4.69, 9.17) is 16.7 Å². The lowest BCUT2D eigenvalue weighted by molar-refractivity contribution is 0.297. The summed E-state index contributed by atoms with van der Waals surface area (Å²) in [7, 11) is 0. The van der Waals surface area contributed by atoms with E-state index in [1.165, 1.54) is 10.5 Å². The molecule has 0 saturated heterocycles. The van der Waals surface area contributed by atoms with Crippen LogP contribution >= 0.6 is 23.4 Å². The van der Waals surface area contributed by atoms with Crippen molar-refractivity contribution in [2.24, 2.45) is 0 Å². The van der Waals surface area contributed by atoms with E-state index in [0.29, 0.717) is 29.2 Å². The van der Waals surface area contributed by atoms with Gasteiger partial charge in [0.15, 0.2) is 0 Å². The average molecular weight is 400 g/mol. The van der Waals surface area contributed by atoms with E-state index in [0.717, 1.165) is 10.5 Å². The number of hydrogen-bond donors (Lipinski definition) is 3. The van der Waals surface area contributed by atoms with Gasteiger partial charge >= 0.3 is 0 Å². The summed E-state index contributed by atoms with van der Waals surface area (Å²) in [6.45, 7) is 2.60. The Labute approximate surface area is 169 Å². The molecule has 0 aromatic heterocycles. The van der Waals surface area contributed by atoms with Crippen LogP contribution in [0.1, 0.15) is 16.7 Å². The molecule has 3 rings (SSSR count). The zero-order valence-corrected chi connectivity index (χ0v) is 16.6. The molecule has 0 spiro atoms. The Bertz CT molecular complexity index is 913. The Kier molecular flexibility index (Phi) is 6.67. The summed E-state index contributed by atoms with van der Waals surface area (Å²) in [6, 6.07) is 20.0. The molecular weight excluding hydrogens is 378 g/mol. The fourth-order valence-corrected chi connectivity index (χ4v) is 3.96. The smallest absolute Gasteiger partial charge is 0.142 e. The van der Waals surface area contributed by atoms with Gasteiger partial charge < -0.3 is 15.5 Å². The Balaban J connectivity index is 1.78. The number of benzene rings is 3. The van der Waals surface area contributed by atoms with Gasteiger partial charge in [0.05, 0.1) is 5.69 Å². The maximum absolute atomic E-state index is 10.4. The van der Waals surface area contributed by atoms with Crippen LogP contribution in [0.3, 0.4) is 0 Å². The number of phenolic OH excluding ortho intramolecular Hbond substituents is 1. The summed E-state index contributed by atoms with van der Waals surface area (Å²) in [5, 5.41) is 23.4. The molecule has 0 radical (unpaired) electrons. The van der Waals surface area contributed by atoms with Crippen molar-refractivity contribution in [3.8, 4) is 5.75 Å². The molecule has 0 atom stereocenters. The molecule has 0 aliphatic rings. The third-order valence-electron chi connectivity index (χ3n) is 4.23. The monoisotopic (exact) mass is 399 g/mol. The minimum atomic E-state index is -0.0383. The highest BCUT2D eigenvalue weighted by atomic mass is 35.5. The van der Waals surface area contributed by atoms with Crippen LogP contribution in [0, 0.1) is 6.92 Å². The van der Waals surface area contributed by atoms with Crippen molar-refractivity contribution in [2.75, 3.05) is 11.9 Å². The number of rotatable bonds is 7. The molecule has 3 nitrogen and oxygen atoms in total. The zero-order valence-electron chi connectivity index (χ0n) is 15.1. The lowest BCUT2D eigenvalue weighted by atomic mass is 10.1. The zero-order chi connectivity index (χ0) is 19.2. The maximum atomic E-state index is 10.4. The van der Waals surface area contributed by atoms with Crippen LogP contribution in [0.5, 0.6) is 5.75 Å². The standard InChI is InChI=1S/C22H22ClNO2S/c1-15-6-8-19(9-7-15)27-21-5-3-2-4-17(21)14-24-20-13-18(23)12-16(10-11-25)22(20)26/h2-9,12-13,24-26H,10-11,14H2,1H3. The number of aliphatic hydroxyl groups is 1. The summed E-state index contributed by atoms with van der Waals surface area (Å²) in [5.74, 6) is 0.136. The second-order valence-electron chi connectivity index (χ2n) is 6.31. The Morgan fingerprint density at radius 3 is 2.48 bits per heavy atom. The number of phenols is 1.